The van der Waals surface area contributed by atoms with Crippen molar-refractivity contribution in [2.24, 2.45) is 5.92 Å². The highest BCUT2D eigenvalue weighted by molar-refractivity contribution is 5.74. The van der Waals surface area contributed by atoms with Gasteiger partial charge in [-0.1, -0.05) is 0 Å². The topological polar surface area (TPSA) is 98.4 Å². The SMILES string of the molecule is COCCNc1nc2nonc2nc1N1CC[C@@H](COC)C1. The van der Waals surface area contributed by atoms with Gasteiger partial charge in [-0.15, -0.1) is 0 Å². The average molecular weight is 308 g/mol. The molecule has 3 heterocycles. The molecule has 1 aliphatic heterocycles. The lowest BCUT2D eigenvalue weighted by Gasteiger charge is -2.20. The molecule has 9 nitrogen and oxygen atoms in total. The van der Waals surface area contributed by atoms with E-state index in [-0.39, 0.29) is 0 Å². The first kappa shape index (κ1) is 14.9. The van der Waals surface area contributed by atoms with Gasteiger partial charge in [0.25, 0.3) is 0 Å². The van der Waals surface area contributed by atoms with E-state index in [9.17, 15) is 0 Å². The van der Waals surface area contributed by atoms with Crippen molar-refractivity contribution in [3.8, 4) is 0 Å². The van der Waals surface area contributed by atoms with Gasteiger partial charge in [0.15, 0.2) is 11.6 Å². The maximum Gasteiger partial charge on any atom is 0.245 e. The van der Waals surface area contributed by atoms with Gasteiger partial charge in [-0.3, -0.25) is 0 Å². The minimum atomic E-state index is 0.399. The Morgan fingerprint density at radius 3 is 2.82 bits per heavy atom. The summed E-state index contributed by atoms with van der Waals surface area (Å²) in [5.74, 6) is 1.96. The Balaban J connectivity index is 1.83. The van der Waals surface area contributed by atoms with Crippen molar-refractivity contribution >= 4 is 22.9 Å². The van der Waals surface area contributed by atoms with Gasteiger partial charge in [-0.05, 0) is 16.7 Å². The van der Waals surface area contributed by atoms with Crippen molar-refractivity contribution in [3.63, 3.8) is 0 Å². The van der Waals surface area contributed by atoms with Crippen molar-refractivity contribution in [1.82, 2.24) is 20.3 Å². The number of methoxy groups -OCH3 is 2. The average Bonchev–Trinajstić information content (AvgIpc) is 3.15. The van der Waals surface area contributed by atoms with E-state index >= 15 is 0 Å². The molecule has 0 aromatic carbocycles. The Morgan fingerprint density at radius 1 is 1.23 bits per heavy atom. The van der Waals surface area contributed by atoms with Gasteiger partial charge in [0.1, 0.15) is 0 Å². The molecule has 1 N–H and O–H groups in total. The molecule has 2 aromatic heterocycles. The summed E-state index contributed by atoms with van der Waals surface area (Å²) >= 11 is 0. The summed E-state index contributed by atoms with van der Waals surface area (Å²) in [4.78, 5) is 11.2. The fraction of sp³-hybridized carbons (Fsp3) is 0.692. The van der Waals surface area contributed by atoms with Gasteiger partial charge < -0.3 is 19.7 Å². The summed E-state index contributed by atoms with van der Waals surface area (Å²) in [6.07, 6.45) is 1.07. The van der Waals surface area contributed by atoms with Gasteiger partial charge in [-0.25, -0.2) is 14.6 Å². The third-order valence-electron chi connectivity index (χ3n) is 3.68. The smallest absolute Gasteiger partial charge is 0.245 e. The molecule has 3 rings (SSSR count). The first-order valence-electron chi connectivity index (χ1n) is 7.28. The van der Waals surface area contributed by atoms with Crippen LogP contribution in [0.5, 0.6) is 0 Å². The fourth-order valence-corrected chi connectivity index (χ4v) is 2.64. The quantitative estimate of drug-likeness (QED) is 0.735. The number of hydrogen-bond acceptors (Lipinski definition) is 9. The third kappa shape index (κ3) is 3.09. The maximum atomic E-state index is 5.25. The molecule has 0 radical (unpaired) electrons. The number of rotatable bonds is 7. The van der Waals surface area contributed by atoms with Gasteiger partial charge in [0.05, 0.1) is 13.2 Å². The second-order valence-electron chi connectivity index (χ2n) is 5.28. The molecule has 0 unspecified atom stereocenters. The zero-order valence-corrected chi connectivity index (χ0v) is 12.8. The Morgan fingerprint density at radius 2 is 2.05 bits per heavy atom. The second kappa shape index (κ2) is 6.84. The first-order chi connectivity index (χ1) is 10.8. The fourth-order valence-electron chi connectivity index (χ4n) is 2.64. The van der Waals surface area contributed by atoms with E-state index < -0.39 is 0 Å². The molecule has 0 spiro atoms. The maximum absolute atomic E-state index is 5.25. The highest BCUT2D eigenvalue weighted by Gasteiger charge is 2.26. The van der Waals surface area contributed by atoms with Crippen LogP contribution in [0.2, 0.25) is 0 Å². The number of nitrogens with one attached hydrogen (secondary N) is 1. The van der Waals surface area contributed by atoms with E-state index in [0.717, 1.165) is 31.9 Å². The highest BCUT2D eigenvalue weighted by Crippen LogP contribution is 2.28. The Bertz CT molecular complexity index is 619. The highest BCUT2D eigenvalue weighted by atomic mass is 16.6. The molecule has 0 saturated carbocycles. The monoisotopic (exact) mass is 308 g/mol. The van der Waals surface area contributed by atoms with Crippen molar-refractivity contribution in [1.29, 1.82) is 0 Å². The number of hydrogen-bond donors (Lipinski definition) is 1. The van der Waals surface area contributed by atoms with E-state index in [1.165, 1.54) is 0 Å². The van der Waals surface area contributed by atoms with Crippen molar-refractivity contribution in [2.75, 3.05) is 57.3 Å². The minimum absolute atomic E-state index is 0.399. The van der Waals surface area contributed by atoms with Gasteiger partial charge in [0.2, 0.25) is 11.3 Å². The van der Waals surface area contributed by atoms with Crippen molar-refractivity contribution in [2.45, 2.75) is 6.42 Å². The number of nitrogens with zero attached hydrogens (tertiary/aromatic N) is 5. The van der Waals surface area contributed by atoms with Gasteiger partial charge in [0, 0.05) is 39.8 Å². The number of anilines is 2. The van der Waals surface area contributed by atoms with Crippen molar-refractivity contribution < 1.29 is 14.1 Å². The minimum Gasteiger partial charge on any atom is -0.384 e. The normalized spacial score (nSPS) is 18.3. The molecule has 120 valence electrons. The summed E-state index contributed by atoms with van der Waals surface area (Å²) < 4.78 is 15.0. The molecule has 1 aliphatic rings. The molecule has 1 fully saturated rings. The van der Waals surface area contributed by atoms with Crippen LogP contribution in [0.3, 0.4) is 0 Å². The Kier molecular flexibility index (Phi) is 4.64. The largest absolute Gasteiger partial charge is 0.384 e. The molecule has 22 heavy (non-hydrogen) atoms. The van der Waals surface area contributed by atoms with Crippen LogP contribution in [0, 0.1) is 5.92 Å². The van der Waals surface area contributed by atoms with Crippen LogP contribution < -0.4 is 10.2 Å². The number of aromatic nitrogens is 4. The van der Waals surface area contributed by atoms with Crippen LogP contribution in [-0.4, -0.2) is 67.3 Å². The molecular weight excluding hydrogens is 288 g/mol. The van der Waals surface area contributed by atoms with Crippen LogP contribution in [0.25, 0.3) is 11.3 Å². The molecule has 2 aromatic rings. The summed E-state index contributed by atoms with van der Waals surface area (Å²) in [5.41, 5.74) is 0.818. The summed E-state index contributed by atoms with van der Waals surface area (Å²) in [5, 5.41) is 10.8. The zero-order chi connectivity index (χ0) is 15.4. The molecule has 0 amide bonds. The molecule has 1 saturated heterocycles. The lowest BCUT2D eigenvalue weighted by molar-refractivity contribution is 0.161. The van der Waals surface area contributed by atoms with E-state index in [4.69, 9.17) is 14.1 Å². The standard InChI is InChI=1S/C13H20N6O3/c1-20-6-4-14-12-13(16-11-10(15-12)17-22-18-11)19-5-3-9(7-19)8-21-2/h9H,3-8H2,1-2H3,(H,14,15,17)/t9-/m1/s1. The van der Waals surface area contributed by atoms with Crippen LogP contribution in [-0.2, 0) is 9.47 Å². The molecule has 1 atom stereocenters. The van der Waals surface area contributed by atoms with E-state index in [0.29, 0.717) is 36.2 Å². The van der Waals surface area contributed by atoms with E-state index in [2.05, 4.69) is 30.5 Å². The van der Waals surface area contributed by atoms with Gasteiger partial charge in [-0.2, -0.15) is 0 Å². The third-order valence-corrected chi connectivity index (χ3v) is 3.68. The van der Waals surface area contributed by atoms with Crippen LogP contribution in [0.4, 0.5) is 11.6 Å². The molecule has 0 aliphatic carbocycles. The van der Waals surface area contributed by atoms with Gasteiger partial charge >= 0.3 is 0 Å². The molecule has 0 bridgehead atoms. The second-order valence-corrected chi connectivity index (χ2v) is 5.28. The Labute approximate surface area is 128 Å². The molecule has 9 heteroatoms. The lowest BCUT2D eigenvalue weighted by atomic mass is 10.1. The lowest BCUT2D eigenvalue weighted by Crippen LogP contribution is -2.24. The Hall–Kier alpha value is -2.00. The number of fused-ring (bicyclic) bond motifs is 1. The zero-order valence-electron chi connectivity index (χ0n) is 12.8. The summed E-state index contributed by atoms with van der Waals surface area (Å²) in [7, 11) is 3.39. The van der Waals surface area contributed by atoms with Crippen LogP contribution in [0.1, 0.15) is 6.42 Å². The predicted octanol–water partition coefficient (Wildman–Crippen LogP) is 0.544. The molecular formula is C13H20N6O3. The van der Waals surface area contributed by atoms with E-state index in [1.807, 2.05) is 0 Å². The van der Waals surface area contributed by atoms with E-state index in [1.54, 1.807) is 14.2 Å². The van der Waals surface area contributed by atoms with Crippen LogP contribution in [0.15, 0.2) is 4.63 Å². The van der Waals surface area contributed by atoms with Crippen molar-refractivity contribution in [3.05, 3.63) is 0 Å². The number of ether oxygens (including phenoxy) is 2. The van der Waals surface area contributed by atoms with Crippen LogP contribution >= 0.6 is 0 Å². The first-order valence-corrected chi connectivity index (χ1v) is 7.28. The summed E-state index contributed by atoms with van der Waals surface area (Å²) in [6, 6.07) is 0. The predicted molar refractivity (Wildman–Crippen MR) is 80.0 cm³/mol. The summed E-state index contributed by atoms with van der Waals surface area (Å²) in [6.45, 7) is 3.79.